The van der Waals surface area contributed by atoms with Crippen LogP contribution in [0.15, 0.2) is 47.4 Å². The molecule has 0 radical (unpaired) electrons. The summed E-state index contributed by atoms with van der Waals surface area (Å²) in [5.41, 5.74) is 10.3. The predicted octanol–water partition coefficient (Wildman–Crippen LogP) is 5.99. The summed E-state index contributed by atoms with van der Waals surface area (Å²) in [6.45, 7) is 16.8. The van der Waals surface area contributed by atoms with Crippen molar-refractivity contribution in [1.82, 2.24) is 9.97 Å². The number of aryl methyl sites for hydroxylation is 1. The van der Waals surface area contributed by atoms with Crippen LogP contribution in [0.25, 0.3) is 11.3 Å². The fraction of sp³-hybridized carbons (Fsp3) is 0.452. The van der Waals surface area contributed by atoms with Gasteiger partial charge in [-0.2, -0.15) is 4.98 Å². The first-order valence-corrected chi connectivity index (χ1v) is 15.1. The molecule has 0 unspecified atom stereocenters. The molecule has 0 saturated carbocycles. The molecular formula is C31H42N4O5S. The molecule has 1 aromatic heterocycles. The van der Waals surface area contributed by atoms with Crippen LogP contribution >= 0.6 is 0 Å². The van der Waals surface area contributed by atoms with E-state index in [1.165, 1.54) is 18.2 Å². The minimum atomic E-state index is -4.22. The molecule has 222 valence electrons. The van der Waals surface area contributed by atoms with Crippen LogP contribution in [0, 0.1) is 24.7 Å². The number of sulfonamides is 1. The normalized spacial score (nSPS) is 13.1. The highest BCUT2D eigenvalue weighted by molar-refractivity contribution is 7.92. The molecule has 0 aliphatic carbocycles. The number of ether oxygens (including phenoxy) is 1. The molecule has 9 nitrogen and oxygen atoms in total. The molecule has 2 aromatic carbocycles. The van der Waals surface area contributed by atoms with Gasteiger partial charge in [-0.1, -0.05) is 65.8 Å². The summed E-state index contributed by atoms with van der Waals surface area (Å²) in [6, 6.07) is 10.9. The Morgan fingerprint density at radius 1 is 1.02 bits per heavy atom. The van der Waals surface area contributed by atoms with Crippen molar-refractivity contribution in [2.75, 3.05) is 11.3 Å². The number of nitrogens with two attached hydrogens (primary N) is 1. The van der Waals surface area contributed by atoms with Crippen molar-refractivity contribution in [3.05, 3.63) is 64.7 Å². The zero-order valence-corrected chi connectivity index (χ0v) is 26.0. The standard InChI is InChI=1S/C31H42N4O5S/c1-19-11-9-13-22(16-30(3,4)5)25(19)26-20(2)27(40-18-23(32)17-31(6,7)8)34-29(33-26)35-41(38,39)24-14-10-12-21(15-24)28(36)37/h9-15,23H,16-18,32H2,1-8H3,(H,36,37)(H,33,34,35)/t23-/m1/s1. The lowest BCUT2D eigenvalue weighted by molar-refractivity contribution is 0.0696. The van der Waals surface area contributed by atoms with Crippen LogP contribution < -0.4 is 15.2 Å². The van der Waals surface area contributed by atoms with Gasteiger partial charge in [-0.05, 0) is 66.8 Å². The Morgan fingerprint density at radius 3 is 2.29 bits per heavy atom. The first-order valence-electron chi connectivity index (χ1n) is 13.6. The van der Waals surface area contributed by atoms with E-state index in [-0.39, 0.29) is 45.8 Å². The topological polar surface area (TPSA) is 144 Å². The lowest BCUT2D eigenvalue weighted by Crippen LogP contribution is -2.32. The minimum absolute atomic E-state index is 0.00292. The number of aromatic carboxylic acids is 1. The Morgan fingerprint density at radius 2 is 1.68 bits per heavy atom. The number of anilines is 1. The monoisotopic (exact) mass is 582 g/mol. The highest BCUT2D eigenvalue weighted by atomic mass is 32.2. The van der Waals surface area contributed by atoms with E-state index in [1.807, 2.05) is 26.0 Å². The van der Waals surface area contributed by atoms with E-state index in [0.717, 1.165) is 35.6 Å². The summed E-state index contributed by atoms with van der Waals surface area (Å²) in [5.74, 6) is -1.19. The third-order valence-electron chi connectivity index (χ3n) is 6.34. The first kappa shape index (κ1) is 32.0. The summed E-state index contributed by atoms with van der Waals surface area (Å²) in [5, 5.41) is 9.33. The number of hydrogen-bond donors (Lipinski definition) is 3. The number of benzene rings is 2. The second-order valence-corrected chi connectivity index (χ2v) is 14.6. The summed E-state index contributed by atoms with van der Waals surface area (Å²) < 4.78 is 35.2. The molecule has 3 aromatic rings. The number of nitrogens with zero attached hydrogens (tertiary/aromatic N) is 2. The molecule has 4 N–H and O–H groups in total. The minimum Gasteiger partial charge on any atom is -0.478 e. The van der Waals surface area contributed by atoms with Crippen molar-refractivity contribution in [2.24, 2.45) is 16.6 Å². The van der Waals surface area contributed by atoms with Crippen LogP contribution in [-0.4, -0.2) is 42.1 Å². The molecular weight excluding hydrogens is 540 g/mol. The van der Waals surface area contributed by atoms with E-state index in [9.17, 15) is 18.3 Å². The molecule has 0 aliphatic rings. The molecule has 1 heterocycles. The zero-order valence-electron chi connectivity index (χ0n) is 25.2. The Kier molecular flexibility index (Phi) is 9.50. The van der Waals surface area contributed by atoms with Crippen LogP contribution in [0.5, 0.6) is 5.88 Å². The van der Waals surface area contributed by atoms with Crippen LogP contribution in [0.1, 0.15) is 75.0 Å². The van der Waals surface area contributed by atoms with Crippen LogP contribution in [0.4, 0.5) is 5.95 Å². The van der Waals surface area contributed by atoms with Crippen molar-refractivity contribution in [3.8, 4) is 17.1 Å². The van der Waals surface area contributed by atoms with Gasteiger partial charge in [-0.15, -0.1) is 0 Å². The van der Waals surface area contributed by atoms with Gasteiger partial charge in [0.15, 0.2) is 0 Å². The van der Waals surface area contributed by atoms with Gasteiger partial charge in [0.2, 0.25) is 11.8 Å². The summed E-state index contributed by atoms with van der Waals surface area (Å²) in [6.07, 6.45) is 1.49. The zero-order chi connectivity index (χ0) is 30.8. The van der Waals surface area contributed by atoms with Crippen molar-refractivity contribution >= 4 is 21.9 Å². The van der Waals surface area contributed by atoms with Gasteiger partial charge in [0.25, 0.3) is 10.0 Å². The van der Waals surface area contributed by atoms with Gasteiger partial charge in [0, 0.05) is 17.2 Å². The number of nitrogens with one attached hydrogen (secondary N) is 1. The SMILES string of the molecule is Cc1cccc(CC(C)(C)C)c1-c1nc(NS(=O)(=O)c2cccc(C(=O)O)c2)nc(OC[C@H](N)CC(C)(C)C)c1C. The lowest BCUT2D eigenvalue weighted by Gasteiger charge is -2.24. The van der Waals surface area contributed by atoms with E-state index in [2.05, 4.69) is 62.3 Å². The summed E-state index contributed by atoms with van der Waals surface area (Å²) in [7, 11) is -4.22. The molecule has 0 amide bonds. The number of carboxylic acids is 1. The second-order valence-electron chi connectivity index (χ2n) is 12.9. The van der Waals surface area contributed by atoms with Crippen LogP contribution in [-0.2, 0) is 16.4 Å². The summed E-state index contributed by atoms with van der Waals surface area (Å²) >= 11 is 0. The average molecular weight is 583 g/mol. The van der Waals surface area contributed by atoms with Gasteiger partial charge in [0.1, 0.15) is 6.61 Å². The largest absolute Gasteiger partial charge is 0.478 e. The fourth-order valence-corrected chi connectivity index (χ4v) is 5.71. The molecule has 1 atom stereocenters. The molecule has 0 spiro atoms. The Balaban J connectivity index is 2.14. The highest BCUT2D eigenvalue weighted by Crippen LogP contribution is 2.36. The summed E-state index contributed by atoms with van der Waals surface area (Å²) in [4.78, 5) is 20.3. The van der Waals surface area contributed by atoms with Crippen LogP contribution in [0.2, 0.25) is 0 Å². The quantitative estimate of drug-likeness (QED) is 0.264. The fourth-order valence-electron chi connectivity index (χ4n) is 4.72. The van der Waals surface area contributed by atoms with E-state index in [4.69, 9.17) is 10.5 Å². The maximum atomic E-state index is 13.3. The number of hydrogen-bond acceptors (Lipinski definition) is 7. The van der Waals surface area contributed by atoms with Gasteiger partial charge in [0.05, 0.1) is 16.2 Å². The van der Waals surface area contributed by atoms with Gasteiger partial charge in [-0.25, -0.2) is 22.9 Å². The molecule has 0 fully saturated rings. The predicted molar refractivity (Wildman–Crippen MR) is 162 cm³/mol. The smallest absolute Gasteiger partial charge is 0.335 e. The van der Waals surface area contributed by atoms with Crippen molar-refractivity contribution < 1.29 is 23.1 Å². The third-order valence-corrected chi connectivity index (χ3v) is 7.67. The van der Waals surface area contributed by atoms with E-state index >= 15 is 0 Å². The highest BCUT2D eigenvalue weighted by Gasteiger charge is 2.25. The van der Waals surface area contributed by atoms with E-state index in [0.29, 0.717) is 11.3 Å². The van der Waals surface area contributed by atoms with Gasteiger partial charge >= 0.3 is 5.97 Å². The number of carbonyl (C=O) groups is 1. The second kappa shape index (κ2) is 12.2. The number of carboxylic acid groups (broad SMARTS) is 1. The maximum Gasteiger partial charge on any atom is 0.335 e. The molecule has 0 bridgehead atoms. The first-order chi connectivity index (χ1) is 18.9. The Hall–Kier alpha value is -3.50. The van der Waals surface area contributed by atoms with Crippen molar-refractivity contribution in [1.29, 1.82) is 0 Å². The lowest BCUT2D eigenvalue weighted by atomic mass is 9.84. The average Bonchev–Trinajstić information content (AvgIpc) is 2.82. The molecule has 3 rings (SSSR count). The van der Waals surface area contributed by atoms with E-state index < -0.39 is 16.0 Å². The Bertz CT molecular complexity index is 1520. The third kappa shape index (κ3) is 8.74. The van der Waals surface area contributed by atoms with E-state index in [1.54, 1.807) is 0 Å². The molecule has 41 heavy (non-hydrogen) atoms. The molecule has 0 saturated heterocycles. The van der Waals surface area contributed by atoms with Crippen molar-refractivity contribution in [2.45, 2.75) is 79.2 Å². The molecule has 10 heteroatoms. The van der Waals surface area contributed by atoms with Gasteiger partial charge in [-0.3, -0.25) is 0 Å². The van der Waals surface area contributed by atoms with Crippen LogP contribution in [0.3, 0.4) is 0 Å². The van der Waals surface area contributed by atoms with Crippen molar-refractivity contribution in [3.63, 3.8) is 0 Å². The Labute approximate surface area is 243 Å². The maximum absolute atomic E-state index is 13.3. The number of aromatic nitrogens is 2. The van der Waals surface area contributed by atoms with Gasteiger partial charge < -0.3 is 15.6 Å². The number of rotatable bonds is 10. The molecule has 0 aliphatic heterocycles.